The molecule has 44 heavy (non-hydrogen) atoms. The summed E-state index contributed by atoms with van der Waals surface area (Å²) in [5.41, 5.74) is 4.60. The van der Waals surface area contributed by atoms with Crippen molar-refractivity contribution in [1.82, 2.24) is 9.55 Å². The summed E-state index contributed by atoms with van der Waals surface area (Å²) < 4.78 is 6.95. The summed E-state index contributed by atoms with van der Waals surface area (Å²) in [6, 6.07) is 17.8. The molecule has 1 unspecified atom stereocenters. The van der Waals surface area contributed by atoms with Crippen molar-refractivity contribution < 1.29 is 19.4 Å². The number of aryl methyl sites for hydroxylation is 2. The van der Waals surface area contributed by atoms with Crippen molar-refractivity contribution in [3.8, 4) is 11.3 Å². The summed E-state index contributed by atoms with van der Waals surface area (Å²) in [5, 5.41) is 19.2. The van der Waals surface area contributed by atoms with E-state index in [1.165, 1.54) is 4.57 Å². The van der Waals surface area contributed by atoms with E-state index in [0.29, 0.717) is 46.9 Å². The minimum atomic E-state index is -1.00. The van der Waals surface area contributed by atoms with Gasteiger partial charge in [0, 0.05) is 48.0 Å². The number of nitrogens with one attached hydrogen (secondary N) is 3. The van der Waals surface area contributed by atoms with E-state index >= 15 is 0 Å². The van der Waals surface area contributed by atoms with E-state index in [0.717, 1.165) is 23.1 Å². The predicted molar refractivity (Wildman–Crippen MR) is 171 cm³/mol. The van der Waals surface area contributed by atoms with E-state index in [1.807, 2.05) is 44.2 Å². The highest BCUT2D eigenvalue weighted by Gasteiger charge is 2.24. The van der Waals surface area contributed by atoms with Gasteiger partial charge in [0.05, 0.1) is 11.3 Å². The van der Waals surface area contributed by atoms with Gasteiger partial charge in [-0.25, -0.2) is 4.98 Å². The highest BCUT2D eigenvalue weighted by Crippen LogP contribution is 2.29. The summed E-state index contributed by atoms with van der Waals surface area (Å²) in [6.45, 7) is 7.74. The van der Waals surface area contributed by atoms with Crippen LogP contribution in [0.25, 0.3) is 11.3 Å². The first-order valence-corrected chi connectivity index (χ1v) is 14.5. The van der Waals surface area contributed by atoms with Gasteiger partial charge >= 0.3 is 0 Å². The Hall–Kier alpha value is -4.80. The normalized spacial score (nSPS) is 14.7. The van der Waals surface area contributed by atoms with Crippen molar-refractivity contribution in [2.75, 3.05) is 22.6 Å². The summed E-state index contributed by atoms with van der Waals surface area (Å²) in [7, 11) is 1.65. The van der Waals surface area contributed by atoms with Crippen molar-refractivity contribution in [3.63, 3.8) is 0 Å². The maximum Gasteiger partial charge on any atom is 0.293 e. The van der Waals surface area contributed by atoms with Crippen LogP contribution >= 0.6 is 0 Å². The van der Waals surface area contributed by atoms with Crippen molar-refractivity contribution in [3.05, 3.63) is 99.5 Å². The van der Waals surface area contributed by atoms with E-state index in [2.05, 4.69) is 20.9 Å². The van der Waals surface area contributed by atoms with Crippen LogP contribution in [0, 0.1) is 13.8 Å². The smallest absolute Gasteiger partial charge is 0.293 e. The molecule has 0 spiro atoms. The SMILES string of the molecule is Cc1ccc(Nc2nc(-c3cccc(NC(=O)c4ccc(C(C)(C)O)cc4)c3C)cn(C)c2=O)cc1NC(=O)C1CCCO1. The number of aromatic nitrogens is 2. The number of amides is 2. The molecule has 2 heterocycles. The third-order valence-corrected chi connectivity index (χ3v) is 7.76. The Bertz CT molecular complexity index is 1770. The third kappa shape index (κ3) is 6.72. The molecule has 10 heteroatoms. The first-order chi connectivity index (χ1) is 20.9. The zero-order valence-corrected chi connectivity index (χ0v) is 25.5. The molecule has 1 aromatic heterocycles. The van der Waals surface area contributed by atoms with E-state index in [-0.39, 0.29) is 23.2 Å². The fourth-order valence-electron chi connectivity index (χ4n) is 5.06. The molecule has 4 N–H and O–H groups in total. The number of hydrogen-bond donors (Lipinski definition) is 4. The van der Waals surface area contributed by atoms with Crippen LogP contribution in [0.3, 0.4) is 0 Å². The lowest BCUT2D eigenvalue weighted by Crippen LogP contribution is -2.27. The van der Waals surface area contributed by atoms with E-state index < -0.39 is 11.7 Å². The van der Waals surface area contributed by atoms with Crippen LogP contribution in [-0.2, 0) is 22.2 Å². The molecular weight excluding hydrogens is 558 g/mol. The second-order valence-corrected chi connectivity index (χ2v) is 11.6. The molecule has 228 valence electrons. The maximum absolute atomic E-state index is 13.1. The summed E-state index contributed by atoms with van der Waals surface area (Å²) in [4.78, 5) is 43.4. The number of carbonyl (C=O) groups is 2. The van der Waals surface area contributed by atoms with Gasteiger partial charge in [-0.3, -0.25) is 14.4 Å². The van der Waals surface area contributed by atoms with Gasteiger partial charge in [0.2, 0.25) is 0 Å². The Morgan fingerprint density at radius 2 is 1.77 bits per heavy atom. The van der Waals surface area contributed by atoms with Gasteiger partial charge in [-0.2, -0.15) is 0 Å². The lowest BCUT2D eigenvalue weighted by atomic mass is 9.97. The van der Waals surface area contributed by atoms with Crippen LogP contribution in [-0.4, -0.2) is 39.2 Å². The molecule has 1 saturated heterocycles. The molecule has 1 atom stereocenters. The molecule has 1 aliphatic heterocycles. The standard InChI is InChI=1S/C34H37N5O5/c1-20-11-16-24(18-27(20)38-32(41)29-10-7-17-44-29)35-30-33(42)39(5)19-28(36-30)25-8-6-9-26(21(25)2)37-31(40)22-12-14-23(15-13-22)34(3,4)43/h6,8-9,11-16,18-19,29,43H,7,10,17H2,1-5H3,(H,35,36)(H,37,40)(H,38,41). The van der Waals surface area contributed by atoms with Gasteiger partial charge in [-0.15, -0.1) is 0 Å². The molecule has 0 bridgehead atoms. The Kier molecular flexibility index (Phi) is 8.66. The molecular formula is C34H37N5O5. The summed E-state index contributed by atoms with van der Waals surface area (Å²) >= 11 is 0. The number of hydrogen-bond acceptors (Lipinski definition) is 7. The topological polar surface area (TPSA) is 135 Å². The quantitative estimate of drug-likeness (QED) is 0.214. The van der Waals surface area contributed by atoms with Gasteiger partial charge < -0.3 is 30.4 Å². The molecule has 0 aliphatic carbocycles. The molecule has 1 fully saturated rings. The Morgan fingerprint density at radius 1 is 1.02 bits per heavy atom. The predicted octanol–water partition coefficient (Wildman–Crippen LogP) is 5.40. The zero-order chi connectivity index (χ0) is 31.6. The Labute approximate surface area is 256 Å². The van der Waals surface area contributed by atoms with E-state index in [1.54, 1.807) is 57.4 Å². The number of rotatable bonds is 8. The van der Waals surface area contributed by atoms with Gasteiger partial charge in [0.15, 0.2) is 5.82 Å². The molecule has 3 aromatic carbocycles. The number of benzene rings is 3. The first-order valence-electron chi connectivity index (χ1n) is 14.5. The molecule has 5 rings (SSSR count). The minimum absolute atomic E-state index is 0.117. The molecule has 10 nitrogen and oxygen atoms in total. The van der Waals surface area contributed by atoms with Gasteiger partial charge in [0.25, 0.3) is 17.4 Å². The highest BCUT2D eigenvalue weighted by atomic mass is 16.5. The lowest BCUT2D eigenvalue weighted by molar-refractivity contribution is -0.124. The summed E-state index contributed by atoms with van der Waals surface area (Å²) in [6.07, 6.45) is 2.74. The molecule has 1 aliphatic rings. The molecule has 0 radical (unpaired) electrons. The van der Waals surface area contributed by atoms with Gasteiger partial charge in [-0.1, -0.05) is 30.3 Å². The summed E-state index contributed by atoms with van der Waals surface area (Å²) in [5.74, 6) is -0.358. The lowest BCUT2D eigenvalue weighted by Gasteiger charge is -2.18. The average molecular weight is 596 g/mol. The van der Waals surface area contributed by atoms with Gasteiger partial charge in [-0.05, 0) is 87.6 Å². The number of carbonyl (C=O) groups excluding carboxylic acids is 2. The first kappa shape index (κ1) is 30.7. The second kappa shape index (κ2) is 12.4. The Morgan fingerprint density at radius 3 is 2.45 bits per heavy atom. The van der Waals surface area contributed by atoms with Crippen molar-refractivity contribution in [2.24, 2.45) is 7.05 Å². The third-order valence-electron chi connectivity index (χ3n) is 7.76. The van der Waals surface area contributed by atoms with Crippen LogP contribution < -0.4 is 21.5 Å². The van der Waals surface area contributed by atoms with E-state index in [9.17, 15) is 19.5 Å². The molecule has 4 aromatic rings. The van der Waals surface area contributed by atoms with Crippen LogP contribution in [0.1, 0.15) is 53.7 Å². The monoisotopic (exact) mass is 595 g/mol. The average Bonchev–Trinajstić information content (AvgIpc) is 3.53. The molecule has 0 saturated carbocycles. The number of nitrogens with zero attached hydrogens (tertiary/aromatic N) is 2. The second-order valence-electron chi connectivity index (χ2n) is 11.6. The maximum atomic E-state index is 13.1. The van der Waals surface area contributed by atoms with Crippen LogP contribution in [0.15, 0.2) is 71.7 Å². The van der Waals surface area contributed by atoms with Crippen LogP contribution in [0.4, 0.5) is 22.9 Å². The van der Waals surface area contributed by atoms with Crippen LogP contribution in [0.2, 0.25) is 0 Å². The fourth-order valence-corrected chi connectivity index (χ4v) is 5.06. The van der Waals surface area contributed by atoms with Gasteiger partial charge in [0.1, 0.15) is 6.10 Å². The van der Waals surface area contributed by atoms with Crippen molar-refractivity contribution in [2.45, 2.75) is 52.2 Å². The molecule has 2 amide bonds. The van der Waals surface area contributed by atoms with Crippen LogP contribution in [0.5, 0.6) is 0 Å². The van der Waals surface area contributed by atoms with E-state index in [4.69, 9.17) is 4.74 Å². The number of anilines is 4. The Balaban J connectivity index is 1.38. The number of ether oxygens (including phenoxy) is 1. The minimum Gasteiger partial charge on any atom is -0.386 e. The van der Waals surface area contributed by atoms with Crippen molar-refractivity contribution >= 4 is 34.7 Å². The van der Waals surface area contributed by atoms with Crippen molar-refractivity contribution in [1.29, 1.82) is 0 Å². The highest BCUT2D eigenvalue weighted by molar-refractivity contribution is 6.05. The largest absolute Gasteiger partial charge is 0.386 e. The fraction of sp³-hybridized carbons (Fsp3) is 0.294. The zero-order valence-electron chi connectivity index (χ0n) is 25.5. The number of aliphatic hydroxyl groups is 1.